The highest BCUT2D eigenvalue weighted by atomic mass is 32.2. The van der Waals surface area contributed by atoms with Crippen molar-refractivity contribution in [3.05, 3.63) is 35.4 Å². The van der Waals surface area contributed by atoms with Gasteiger partial charge in [-0.3, -0.25) is 0 Å². The van der Waals surface area contributed by atoms with Crippen LogP contribution >= 0.6 is 11.8 Å². The zero-order chi connectivity index (χ0) is 18.5. The van der Waals surface area contributed by atoms with E-state index in [1.54, 1.807) is 0 Å². The van der Waals surface area contributed by atoms with E-state index in [0.29, 0.717) is 10.7 Å². The van der Waals surface area contributed by atoms with Gasteiger partial charge in [0.15, 0.2) is 5.17 Å². The highest BCUT2D eigenvalue weighted by Crippen LogP contribution is 2.48. The summed E-state index contributed by atoms with van der Waals surface area (Å²) in [4.78, 5) is 4.62. The molecule has 0 aliphatic carbocycles. The van der Waals surface area contributed by atoms with Gasteiger partial charge in [-0.2, -0.15) is 0 Å². The number of fused-ring (bicyclic) bond motifs is 1. The molecule has 0 aromatic heterocycles. The summed E-state index contributed by atoms with van der Waals surface area (Å²) in [7, 11) is 0. The van der Waals surface area contributed by atoms with E-state index in [9.17, 15) is 8.78 Å². The third kappa shape index (κ3) is 3.14. The number of nitrogens with two attached hydrogens (primary N) is 1. The van der Waals surface area contributed by atoms with Crippen LogP contribution in [-0.2, 0) is 15.0 Å². The molecule has 4 nitrogen and oxygen atoms in total. The molecule has 3 aliphatic rings. The predicted molar refractivity (Wildman–Crippen MR) is 98.1 cm³/mol. The van der Waals surface area contributed by atoms with Gasteiger partial charge in [-0.05, 0) is 39.2 Å². The van der Waals surface area contributed by atoms with Gasteiger partial charge < -0.3 is 15.2 Å². The van der Waals surface area contributed by atoms with Crippen molar-refractivity contribution < 1.29 is 18.3 Å². The SMILES string of the molecule is CC1(C)CCC([C@H]2C[C@H]3CSC(N)=N[C@@]3(c3ccc(F)cc3F)CO2)O1. The number of benzene rings is 1. The Labute approximate surface area is 156 Å². The average molecular weight is 382 g/mol. The van der Waals surface area contributed by atoms with Crippen LogP contribution in [0.2, 0.25) is 0 Å². The molecular formula is C19H24F2N2O2S. The Morgan fingerprint density at radius 3 is 2.77 bits per heavy atom. The van der Waals surface area contributed by atoms with E-state index in [1.807, 2.05) is 0 Å². The fraction of sp³-hybridized carbons (Fsp3) is 0.632. The van der Waals surface area contributed by atoms with Gasteiger partial charge in [0.2, 0.25) is 0 Å². The third-order valence-electron chi connectivity index (χ3n) is 5.77. The van der Waals surface area contributed by atoms with Crippen LogP contribution in [0.5, 0.6) is 0 Å². The van der Waals surface area contributed by atoms with Gasteiger partial charge in [0.1, 0.15) is 17.2 Å². The zero-order valence-corrected chi connectivity index (χ0v) is 15.8. The minimum atomic E-state index is -0.891. The summed E-state index contributed by atoms with van der Waals surface area (Å²) < 4.78 is 40.3. The number of halogens is 2. The van der Waals surface area contributed by atoms with Gasteiger partial charge in [0.25, 0.3) is 0 Å². The number of amidine groups is 1. The Balaban J connectivity index is 1.64. The van der Waals surface area contributed by atoms with E-state index in [-0.39, 0.29) is 30.3 Å². The third-order valence-corrected chi connectivity index (χ3v) is 6.72. The van der Waals surface area contributed by atoms with E-state index < -0.39 is 17.2 Å². The lowest BCUT2D eigenvalue weighted by atomic mass is 9.74. The van der Waals surface area contributed by atoms with Crippen molar-refractivity contribution in [2.75, 3.05) is 12.4 Å². The lowest BCUT2D eigenvalue weighted by molar-refractivity contribution is -0.137. The van der Waals surface area contributed by atoms with Crippen LogP contribution in [0.1, 0.15) is 38.7 Å². The Morgan fingerprint density at radius 1 is 1.27 bits per heavy atom. The Hall–Kier alpha value is -1.18. The summed E-state index contributed by atoms with van der Waals surface area (Å²) in [5, 5.41) is 0.422. The fourth-order valence-electron chi connectivity index (χ4n) is 4.38. The molecule has 7 heteroatoms. The van der Waals surface area contributed by atoms with Crippen LogP contribution in [0.4, 0.5) is 8.78 Å². The summed E-state index contributed by atoms with van der Waals surface area (Å²) in [5.74, 6) is -0.399. The first-order valence-electron chi connectivity index (χ1n) is 9.02. The smallest absolute Gasteiger partial charge is 0.154 e. The second-order valence-electron chi connectivity index (χ2n) is 8.05. The van der Waals surface area contributed by atoms with Gasteiger partial charge in [0.05, 0.1) is 24.4 Å². The monoisotopic (exact) mass is 382 g/mol. The first kappa shape index (κ1) is 18.2. The standard InChI is InChI=1S/C19H24F2N2O2S/c1-18(2)6-5-15(25-18)16-7-11-9-26-17(22)23-19(11,10-24-16)13-4-3-12(20)8-14(13)21/h3-4,8,11,15-16H,5-7,9-10H2,1-2H3,(H2,22,23)/t11-,15?,16+,19-/m0/s1. The topological polar surface area (TPSA) is 56.8 Å². The van der Waals surface area contributed by atoms with Crippen LogP contribution in [-0.4, -0.2) is 35.3 Å². The fourth-order valence-corrected chi connectivity index (χ4v) is 5.39. The largest absolute Gasteiger partial charge is 0.379 e. The van der Waals surface area contributed by atoms with E-state index in [0.717, 1.165) is 31.1 Å². The maximum absolute atomic E-state index is 14.6. The van der Waals surface area contributed by atoms with Crippen molar-refractivity contribution in [2.45, 2.75) is 56.5 Å². The second kappa shape index (κ2) is 6.46. The first-order chi connectivity index (χ1) is 12.3. The van der Waals surface area contributed by atoms with Gasteiger partial charge in [0, 0.05) is 23.3 Å². The van der Waals surface area contributed by atoms with Crippen molar-refractivity contribution in [3.63, 3.8) is 0 Å². The van der Waals surface area contributed by atoms with Crippen LogP contribution in [0, 0.1) is 17.6 Å². The molecule has 3 aliphatic heterocycles. The molecule has 1 aromatic rings. The van der Waals surface area contributed by atoms with E-state index in [4.69, 9.17) is 15.2 Å². The van der Waals surface area contributed by atoms with E-state index in [1.165, 1.54) is 23.9 Å². The average Bonchev–Trinajstić information content (AvgIpc) is 2.94. The molecule has 1 unspecified atom stereocenters. The predicted octanol–water partition coefficient (Wildman–Crippen LogP) is 3.58. The number of hydrogen-bond acceptors (Lipinski definition) is 5. The number of ether oxygens (including phenoxy) is 2. The van der Waals surface area contributed by atoms with Crippen LogP contribution in [0.15, 0.2) is 23.2 Å². The van der Waals surface area contributed by atoms with Gasteiger partial charge in [-0.25, -0.2) is 13.8 Å². The normalized spacial score (nSPS) is 36.5. The molecule has 26 heavy (non-hydrogen) atoms. The highest BCUT2D eigenvalue weighted by molar-refractivity contribution is 8.13. The van der Waals surface area contributed by atoms with Crippen LogP contribution in [0.3, 0.4) is 0 Å². The molecule has 142 valence electrons. The maximum atomic E-state index is 14.6. The van der Waals surface area contributed by atoms with E-state index >= 15 is 0 Å². The molecule has 1 aromatic carbocycles. The minimum Gasteiger partial charge on any atom is -0.379 e. The molecule has 0 amide bonds. The summed E-state index contributed by atoms with van der Waals surface area (Å²) in [6.45, 7) is 4.41. The molecule has 0 spiro atoms. The van der Waals surface area contributed by atoms with E-state index in [2.05, 4.69) is 18.8 Å². The van der Waals surface area contributed by atoms with Crippen molar-refractivity contribution in [1.82, 2.24) is 0 Å². The molecule has 4 atom stereocenters. The maximum Gasteiger partial charge on any atom is 0.154 e. The summed E-state index contributed by atoms with van der Waals surface area (Å²) >= 11 is 1.49. The number of nitrogens with zero attached hydrogens (tertiary/aromatic N) is 1. The molecule has 2 fully saturated rings. The molecule has 0 bridgehead atoms. The second-order valence-corrected chi connectivity index (χ2v) is 9.09. The molecule has 2 saturated heterocycles. The van der Waals surface area contributed by atoms with Crippen molar-refractivity contribution in [3.8, 4) is 0 Å². The van der Waals surface area contributed by atoms with Crippen LogP contribution in [0.25, 0.3) is 0 Å². The van der Waals surface area contributed by atoms with Crippen molar-refractivity contribution in [1.29, 1.82) is 0 Å². The number of aliphatic imine (C=N–C) groups is 1. The number of rotatable bonds is 2. The van der Waals surface area contributed by atoms with Gasteiger partial charge >= 0.3 is 0 Å². The summed E-state index contributed by atoms with van der Waals surface area (Å²) in [6, 6.07) is 3.65. The lowest BCUT2D eigenvalue weighted by Crippen LogP contribution is -2.52. The molecule has 0 radical (unpaired) electrons. The number of thioether (sulfide) groups is 1. The zero-order valence-electron chi connectivity index (χ0n) is 15.0. The van der Waals surface area contributed by atoms with Crippen molar-refractivity contribution in [2.24, 2.45) is 16.6 Å². The molecule has 3 heterocycles. The van der Waals surface area contributed by atoms with Gasteiger partial charge in [-0.15, -0.1) is 0 Å². The first-order valence-corrected chi connectivity index (χ1v) is 10.0. The lowest BCUT2D eigenvalue weighted by Gasteiger charge is -2.47. The quantitative estimate of drug-likeness (QED) is 0.849. The Kier molecular flexibility index (Phi) is 4.52. The number of hydrogen-bond donors (Lipinski definition) is 1. The molecule has 2 N–H and O–H groups in total. The summed E-state index contributed by atoms with van der Waals surface area (Å²) in [6.07, 6.45) is 2.70. The molecule has 0 saturated carbocycles. The Morgan fingerprint density at radius 2 is 2.08 bits per heavy atom. The Bertz CT molecular complexity index is 742. The van der Waals surface area contributed by atoms with Gasteiger partial charge in [-0.1, -0.05) is 17.8 Å². The van der Waals surface area contributed by atoms with Crippen molar-refractivity contribution >= 4 is 16.9 Å². The van der Waals surface area contributed by atoms with Crippen LogP contribution < -0.4 is 5.73 Å². The molecule has 4 rings (SSSR count). The molecular weight excluding hydrogens is 358 g/mol. The summed E-state index contributed by atoms with van der Waals surface area (Å²) in [5.41, 5.74) is 5.31. The highest BCUT2D eigenvalue weighted by Gasteiger charge is 2.51. The minimum absolute atomic E-state index is 0.0338.